The molecule has 98 valence electrons. The Labute approximate surface area is 106 Å². The number of hydrogen-bond acceptors (Lipinski definition) is 2. The lowest BCUT2D eigenvalue weighted by Crippen LogP contribution is -2.14. The topological polar surface area (TPSA) is 29.9 Å². The molecule has 0 aliphatic rings. The molecule has 0 radical (unpaired) electrons. The third-order valence-electron chi connectivity index (χ3n) is 3.36. The standard InChI is InChI=1S/C14H27N3/c1-5-8-9-12(6-2)10-15-14-11-17(4)16-13(14)7-3/h11-12,15H,5-10H2,1-4H3. The molecular formula is C14H27N3. The lowest BCUT2D eigenvalue weighted by molar-refractivity contribution is 0.472. The Hall–Kier alpha value is -0.990. The normalized spacial score (nSPS) is 12.7. The average Bonchev–Trinajstić information content (AvgIpc) is 2.70. The van der Waals surface area contributed by atoms with Crippen LogP contribution in [0.4, 0.5) is 5.69 Å². The largest absolute Gasteiger partial charge is 0.382 e. The Morgan fingerprint density at radius 1 is 1.35 bits per heavy atom. The van der Waals surface area contributed by atoms with Crippen molar-refractivity contribution in [3.8, 4) is 0 Å². The first kappa shape index (κ1) is 14.1. The van der Waals surface area contributed by atoms with Crippen LogP contribution >= 0.6 is 0 Å². The monoisotopic (exact) mass is 237 g/mol. The number of rotatable bonds is 8. The van der Waals surface area contributed by atoms with Crippen molar-refractivity contribution in [2.75, 3.05) is 11.9 Å². The molecule has 17 heavy (non-hydrogen) atoms. The summed E-state index contributed by atoms with van der Waals surface area (Å²) >= 11 is 0. The minimum absolute atomic E-state index is 0.792. The lowest BCUT2D eigenvalue weighted by Gasteiger charge is -2.15. The number of nitrogens with one attached hydrogen (secondary N) is 1. The molecule has 0 spiro atoms. The van der Waals surface area contributed by atoms with E-state index in [0.29, 0.717) is 0 Å². The molecule has 0 aromatic carbocycles. The zero-order valence-corrected chi connectivity index (χ0v) is 11.8. The van der Waals surface area contributed by atoms with Gasteiger partial charge in [-0.25, -0.2) is 0 Å². The summed E-state index contributed by atoms with van der Waals surface area (Å²) < 4.78 is 1.90. The molecule has 0 aliphatic heterocycles. The second-order valence-electron chi connectivity index (χ2n) is 4.81. The van der Waals surface area contributed by atoms with Gasteiger partial charge in [0.2, 0.25) is 0 Å². The van der Waals surface area contributed by atoms with Gasteiger partial charge >= 0.3 is 0 Å². The Morgan fingerprint density at radius 3 is 2.71 bits per heavy atom. The number of unbranched alkanes of at least 4 members (excludes halogenated alkanes) is 1. The fourth-order valence-electron chi connectivity index (χ4n) is 2.14. The fourth-order valence-corrected chi connectivity index (χ4v) is 2.14. The highest BCUT2D eigenvalue weighted by atomic mass is 15.3. The van der Waals surface area contributed by atoms with Crippen LogP contribution in [0.2, 0.25) is 0 Å². The van der Waals surface area contributed by atoms with Crippen molar-refractivity contribution in [3.05, 3.63) is 11.9 Å². The Kier molecular flexibility index (Phi) is 6.09. The summed E-state index contributed by atoms with van der Waals surface area (Å²) in [7, 11) is 1.98. The van der Waals surface area contributed by atoms with Gasteiger partial charge in [0, 0.05) is 19.8 Å². The zero-order valence-electron chi connectivity index (χ0n) is 11.8. The van der Waals surface area contributed by atoms with E-state index in [1.54, 1.807) is 0 Å². The highest BCUT2D eigenvalue weighted by Crippen LogP contribution is 2.17. The molecule has 1 aromatic rings. The van der Waals surface area contributed by atoms with Crippen LogP contribution in [-0.2, 0) is 13.5 Å². The van der Waals surface area contributed by atoms with Gasteiger partial charge in [-0.2, -0.15) is 5.10 Å². The Morgan fingerprint density at radius 2 is 2.12 bits per heavy atom. The molecule has 0 saturated carbocycles. The molecule has 0 saturated heterocycles. The van der Waals surface area contributed by atoms with Gasteiger partial charge in [0.1, 0.15) is 0 Å². The molecule has 0 amide bonds. The molecular weight excluding hydrogens is 210 g/mol. The fraction of sp³-hybridized carbons (Fsp3) is 0.786. The molecule has 1 aromatic heterocycles. The number of aryl methyl sites for hydroxylation is 2. The zero-order chi connectivity index (χ0) is 12.7. The molecule has 3 nitrogen and oxygen atoms in total. The molecule has 1 heterocycles. The van der Waals surface area contributed by atoms with Crippen LogP contribution in [-0.4, -0.2) is 16.3 Å². The van der Waals surface area contributed by atoms with Crippen molar-refractivity contribution in [2.45, 2.75) is 52.9 Å². The minimum Gasteiger partial charge on any atom is -0.382 e. The summed E-state index contributed by atoms with van der Waals surface area (Å²) in [5, 5.41) is 8.01. The van der Waals surface area contributed by atoms with Crippen LogP contribution in [0.3, 0.4) is 0 Å². The molecule has 1 unspecified atom stereocenters. The molecule has 0 bridgehead atoms. The van der Waals surface area contributed by atoms with Crippen LogP contribution < -0.4 is 5.32 Å². The molecule has 0 aliphatic carbocycles. The lowest BCUT2D eigenvalue weighted by atomic mass is 9.99. The second-order valence-corrected chi connectivity index (χ2v) is 4.81. The highest BCUT2D eigenvalue weighted by molar-refractivity contribution is 5.46. The molecule has 3 heteroatoms. The van der Waals surface area contributed by atoms with E-state index >= 15 is 0 Å². The summed E-state index contributed by atoms with van der Waals surface area (Å²) in [4.78, 5) is 0. The molecule has 1 atom stereocenters. The highest BCUT2D eigenvalue weighted by Gasteiger charge is 2.09. The quantitative estimate of drug-likeness (QED) is 0.748. The second kappa shape index (κ2) is 7.36. The molecule has 1 N–H and O–H groups in total. The Bertz CT molecular complexity index is 317. The van der Waals surface area contributed by atoms with E-state index in [9.17, 15) is 0 Å². The van der Waals surface area contributed by atoms with E-state index in [-0.39, 0.29) is 0 Å². The van der Waals surface area contributed by atoms with Crippen LogP contribution in [0.1, 0.15) is 52.1 Å². The average molecular weight is 237 g/mol. The smallest absolute Gasteiger partial charge is 0.0853 e. The number of nitrogens with zero attached hydrogens (tertiary/aromatic N) is 2. The van der Waals surface area contributed by atoms with Gasteiger partial charge < -0.3 is 5.32 Å². The number of hydrogen-bond donors (Lipinski definition) is 1. The SMILES string of the molecule is CCCCC(CC)CNc1cn(C)nc1CC. The van der Waals surface area contributed by atoms with Gasteiger partial charge in [-0.15, -0.1) is 0 Å². The van der Waals surface area contributed by atoms with E-state index in [1.807, 2.05) is 11.7 Å². The maximum atomic E-state index is 4.45. The van der Waals surface area contributed by atoms with Gasteiger partial charge in [0.05, 0.1) is 11.4 Å². The molecule has 1 rings (SSSR count). The number of aromatic nitrogens is 2. The van der Waals surface area contributed by atoms with E-state index in [0.717, 1.165) is 18.9 Å². The van der Waals surface area contributed by atoms with Gasteiger partial charge in [0.15, 0.2) is 0 Å². The predicted molar refractivity (Wildman–Crippen MR) is 74.4 cm³/mol. The maximum Gasteiger partial charge on any atom is 0.0853 e. The predicted octanol–water partition coefficient (Wildman–Crippen LogP) is 3.61. The van der Waals surface area contributed by atoms with Gasteiger partial charge in [-0.1, -0.05) is 40.0 Å². The van der Waals surface area contributed by atoms with E-state index in [4.69, 9.17) is 0 Å². The van der Waals surface area contributed by atoms with E-state index < -0.39 is 0 Å². The minimum atomic E-state index is 0.792. The van der Waals surface area contributed by atoms with Crippen LogP contribution in [0, 0.1) is 5.92 Å². The summed E-state index contributed by atoms with van der Waals surface area (Å²) in [5.41, 5.74) is 2.39. The van der Waals surface area contributed by atoms with Crippen LogP contribution in [0.25, 0.3) is 0 Å². The first-order valence-electron chi connectivity index (χ1n) is 6.97. The van der Waals surface area contributed by atoms with Crippen LogP contribution in [0.15, 0.2) is 6.20 Å². The summed E-state index contributed by atoms with van der Waals surface area (Å²) in [6.45, 7) is 7.78. The van der Waals surface area contributed by atoms with Gasteiger partial charge in [0.25, 0.3) is 0 Å². The first-order chi connectivity index (χ1) is 8.21. The van der Waals surface area contributed by atoms with E-state index in [1.165, 1.54) is 37.1 Å². The maximum absolute atomic E-state index is 4.45. The van der Waals surface area contributed by atoms with Crippen molar-refractivity contribution < 1.29 is 0 Å². The van der Waals surface area contributed by atoms with Crippen LogP contribution in [0.5, 0.6) is 0 Å². The van der Waals surface area contributed by atoms with Crippen molar-refractivity contribution in [1.29, 1.82) is 0 Å². The third kappa shape index (κ3) is 4.41. The van der Waals surface area contributed by atoms with Gasteiger partial charge in [-0.05, 0) is 18.8 Å². The van der Waals surface area contributed by atoms with Crippen molar-refractivity contribution >= 4 is 5.69 Å². The van der Waals surface area contributed by atoms with E-state index in [2.05, 4.69) is 37.4 Å². The van der Waals surface area contributed by atoms with Crippen molar-refractivity contribution in [2.24, 2.45) is 13.0 Å². The summed E-state index contributed by atoms with van der Waals surface area (Å²) in [5.74, 6) is 0.792. The third-order valence-corrected chi connectivity index (χ3v) is 3.36. The number of anilines is 1. The molecule has 0 fully saturated rings. The first-order valence-corrected chi connectivity index (χ1v) is 6.97. The van der Waals surface area contributed by atoms with Crippen molar-refractivity contribution in [3.63, 3.8) is 0 Å². The van der Waals surface area contributed by atoms with Crippen molar-refractivity contribution in [1.82, 2.24) is 9.78 Å². The summed E-state index contributed by atoms with van der Waals surface area (Å²) in [6.07, 6.45) is 8.31. The van der Waals surface area contributed by atoms with Gasteiger partial charge in [-0.3, -0.25) is 4.68 Å². The Balaban J connectivity index is 2.47. The summed E-state index contributed by atoms with van der Waals surface area (Å²) in [6, 6.07) is 0.